The molecule has 1 N–H and O–H groups in total. The van der Waals surface area contributed by atoms with Crippen molar-refractivity contribution in [1.29, 1.82) is 0 Å². The molecule has 0 aliphatic carbocycles. The molecule has 0 spiro atoms. The number of rotatable bonds is 5. The summed E-state index contributed by atoms with van der Waals surface area (Å²) in [7, 11) is 1.65. The lowest BCUT2D eigenvalue weighted by molar-refractivity contribution is 0.0940. The molecule has 0 fully saturated rings. The highest BCUT2D eigenvalue weighted by Crippen LogP contribution is 2.28. The SMILES string of the molecule is COc1ccc(C)cc1C(C)NC(=O)c1ccccc1-c1ccccc1. The zero-order valence-electron chi connectivity index (χ0n) is 15.3. The van der Waals surface area contributed by atoms with Gasteiger partial charge in [-0.05, 0) is 37.1 Å². The molecule has 0 bridgehead atoms. The summed E-state index contributed by atoms with van der Waals surface area (Å²) in [6, 6.07) is 23.4. The number of nitrogens with one attached hydrogen (secondary N) is 1. The van der Waals surface area contributed by atoms with Crippen molar-refractivity contribution in [2.45, 2.75) is 19.9 Å². The van der Waals surface area contributed by atoms with E-state index in [2.05, 4.69) is 5.32 Å². The van der Waals surface area contributed by atoms with E-state index in [4.69, 9.17) is 4.74 Å². The first kappa shape index (κ1) is 17.7. The zero-order chi connectivity index (χ0) is 18.5. The Balaban J connectivity index is 1.89. The Morgan fingerprint density at radius 3 is 2.38 bits per heavy atom. The van der Waals surface area contributed by atoms with Crippen LogP contribution in [0.25, 0.3) is 11.1 Å². The van der Waals surface area contributed by atoms with Crippen LogP contribution < -0.4 is 10.1 Å². The van der Waals surface area contributed by atoms with Gasteiger partial charge < -0.3 is 10.1 Å². The van der Waals surface area contributed by atoms with Gasteiger partial charge in [-0.3, -0.25) is 4.79 Å². The quantitative estimate of drug-likeness (QED) is 0.693. The molecule has 0 radical (unpaired) electrons. The van der Waals surface area contributed by atoms with Crippen LogP contribution in [0.4, 0.5) is 0 Å². The monoisotopic (exact) mass is 345 g/mol. The van der Waals surface area contributed by atoms with E-state index >= 15 is 0 Å². The highest BCUT2D eigenvalue weighted by molar-refractivity contribution is 6.01. The van der Waals surface area contributed by atoms with E-state index in [0.29, 0.717) is 5.56 Å². The first-order valence-corrected chi connectivity index (χ1v) is 8.70. The number of hydrogen-bond acceptors (Lipinski definition) is 2. The van der Waals surface area contributed by atoms with Gasteiger partial charge in [0, 0.05) is 11.1 Å². The molecular formula is C23H23NO2. The molecule has 1 atom stereocenters. The van der Waals surface area contributed by atoms with Crippen LogP contribution in [0.1, 0.15) is 34.5 Å². The maximum Gasteiger partial charge on any atom is 0.252 e. The third kappa shape index (κ3) is 3.77. The van der Waals surface area contributed by atoms with E-state index in [0.717, 1.165) is 28.0 Å². The van der Waals surface area contributed by atoms with Gasteiger partial charge in [0.2, 0.25) is 0 Å². The van der Waals surface area contributed by atoms with Crippen LogP contribution >= 0.6 is 0 Å². The van der Waals surface area contributed by atoms with Gasteiger partial charge in [0.25, 0.3) is 5.91 Å². The topological polar surface area (TPSA) is 38.3 Å². The van der Waals surface area contributed by atoms with Crippen molar-refractivity contribution in [3.63, 3.8) is 0 Å². The van der Waals surface area contributed by atoms with Gasteiger partial charge in [-0.1, -0.05) is 66.2 Å². The van der Waals surface area contributed by atoms with Crippen LogP contribution in [0.5, 0.6) is 5.75 Å². The summed E-state index contributed by atoms with van der Waals surface area (Å²) in [4.78, 5) is 13.0. The molecule has 0 heterocycles. The summed E-state index contributed by atoms with van der Waals surface area (Å²) in [5.41, 5.74) is 4.72. The minimum atomic E-state index is -0.166. The summed E-state index contributed by atoms with van der Waals surface area (Å²) in [6.45, 7) is 4.00. The Hall–Kier alpha value is -3.07. The Morgan fingerprint density at radius 1 is 0.962 bits per heavy atom. The molecule has 3 rings (SSSR count). The van der Waals surface area contributed by atoms with Gasteiger partial charge in [0.15, 0.2) is 0 Å². The first-order chi connectivity index (χ1) is 12.6. The van der Waals surface area contributed by atoms with Crippen molar-refractivity contribution in [2.24, 2.45) is 0 Å². The standard InChI is InChI=1S/C23H23NO2/c1-16-13-14-22(26-3)21(15-16)17(2)24-23(25)20-12-8-7-11-19(20)18-9-5-4-6-10-18/h4-15,17H,1-3H3,(H,24,25). The van der Waals surface area contributed by atoms with Crippen molar-refractivity contribution < 1.29 is 9.53 Å². The molecule has 3 nitrogen and oxygen atoms in total. The second kappa shape index (κ2) is 7.87. The zero-order valence-corrected chi connectivity index (χ0v) is 15.3. The van der Waals surface area contributed by atoms with Crippen LogP contribution in [0.15, 0.2) is 72.8 Å². The number of ether oxygens (including phenoxy) is 1. The Morgan fingerprint density at radius 2 is 1.65 bits per heavy atom. The van der Waals surface area contributed by atoms with Crippen LogP contribution in [-0.2, 0) is 0 Å². The van der Waals surface area contributed by atoms with Crippen molar-refractivity contribution >= 4 is 5.91 Å². The molecule has 3 aromatic carbocycles. The summed E-state index contributed by atoms with van der Waals surface area (Å²) >= 11 is 0. The number of amides is 1. The summed E-state index contributed by atoms with van der Waals surface area (Å²) in [6.07, 6.45) is 0. The molecule has 1 unspecified atom stereocenters. The van der Waals surface area contributed by atoms with Crippen LogP contribution in [0.2, 0.25) is 0 Å². The van der Waals surface area contributed by atoms with E-state index in [-0.39, 0.29) is 11.9 Å². The molecule has 3 aromatic rings. The second-order valence-corrected chi connectivity index (χ2v) is 6.35. The van der Waals surface area contributed by atoms with Gasteiger partial charge in [-0.15, -0.1) is 0 Å². The fourth-order valence-electron chi connectivity index (χ4n) is 3.09. The Bertz CT molecular complexity index is 903. The van der Waals surface area contributed by atoms with Gasteiger partial charge >= 0.3 is 0 Å². The number of benzene rings is 3. The van der Waals surface area contributed by atoms with Crippen molar-refractivity contribution in [3.05, 3.63) is 89.5 Å². The molecule has 132 valence electrons. The molecular weight excluding hydrogens is 322 g/mol. The summed E-state index contributed by atoms with van der Waals surface area (Å²) < 4.78 is 5.45. The van der Waals surface area contributed by atoms with E-state index in [1.165, 1.54) is 0 Å². The molecule has 0 aliphatic rings. The smallest absolute Gasteiger partial charge is 0.252 e. The van der Waals surface area contributed by atoms with Gasteiger partial charge in [-0.2, -0.15) is 0 Å². The lowest BCUT2D eigenvalue weighted by Gasteiger charge is -2.19. The summed E-state index contributed by atoms with van der Waals surface area (Å²) in [5, 5.41) is 3.11. The maximum absolute atomic E-state index is 13.0. The second-order valence-electron chi connectivity index (χ2n) is 6.35. The molecule has 0 saturated carbocycles. The third-order valence-electron chi connectivity index (χ3n) is 4.46. The largest absolute Gasteiger partial charge is 0.496 e. The molecule has 1 amide bonds. The van der Waals surface area contributed by atoms with Gasteiger partial charge in [0.05, 0.1) is 13.2 Å². The van der Waals surface area contributed by atoms with E-state index in [9.17, 15) is 4.79 Å². The van der Waals surface area contributed by atoms with Crippen molar-refractivity contribution in [1.82, 2.24) is 5.32 Å². The molecule has 0 aliphatic heterocycles. The van der Waals surface area contributed by atoms with E-state index in [1.807, 2.05) is 86.6 Å². The average Bonchev–Trinajstić information content (AvgIpc) is 2.68. The third-order valence-corrected chi connectivity index (χ3v) is 4.46. The minimum Gasteiger partial charge on any atom is -0.496 e. The highest BCUT2D eigenvalue weighted by atomic mass is 16.5. The lowest BCUT2D eigenvalue weighted by Crippen LogP contribution is -2.27. The number of hydrogen-bond donors (Lipinski definition) is 1. The van der Waals surface area contributed by atoms with Crippen LogP contribution in [0, 0.1) is 6.92 Å². The van der Waals surface area contributed by atoms with Crippen LogP contribution in [-0.4, -0.2) is 13.0 Å². The maximum atomic E-state index is 13.0. The normalized spacial score (nSPS) is 11.7. The fourth-order valence-corrected chi connectivity index (χ4v) is 3.09. The molecule has 0 aromatic heterocycles. The lowest BCUT2D eigenvalue weighted by atomic mass is 9.98. The number of carbonyl (C=O) groups excluding carboxylic acids is 1. The Labute approximate surface area is 154 Å². The minimum absolute atomic E-state index is 0.0967. The van der Waals surface area contributed by atoms with Crippen molar-refractivity contribution in [2.75, 3.05) is 7.11 Å². The molecule has 0 saturated heterocycles. The van der Waals surface area contributed by atoms with Crippen molar-refractivity contribution in [3.8, 4) is 16.9 Å². The molecule has 26 heavy (non-hydrogen) atoms. The number of carbonyl (C=O) groups is 1. The van der Waals surface area contributed by atoms with Gasteiger partial charge in [-0.25, -0.2) is 0 Å². The number of aryl methyl sites for hydroxylation is 1. The summed E-state index contributed by atoms with van der Waals surface area (Å²) in [5.74, 6) is 0.681. The fraction of sp³-hybridized carbons (Fsp3) is 0.174. The molecule has 3 heteroatoms. The average molecular weight is 345 g/mol. The van der Waals surface area contributed by atoms with E-state index < -0.39 is 0 Å². The highest BCUT2D eigenvalue weighted by Gasteiger charge is 2.18. The predicted molar refractivity (Wildman–Crippen MR) is 105 cm³/mol. The first-order valence-electron chi connectivity index (χ1n) is 8.70. The van der Waals surface area contributed by atoms with E-state index in [1.54, 1.807) is 7.11 Å². The van der Waals surface area contributed by atoms with Crippen LogP contribution in [0.3, 0.4) is 0 Å². The number of methoxy groups -OCH3 is 1. The predicted octanol–water partition coefficient (Wildman–Crippen LogP) is 5.16. The Kier molecular flexibility index (Phi) is 5.37. The van der Waals surface area contributed by atoms with Gasteiger partial charge in [0.1, 0.15) is 5.75 Å².